The summed E-state index contributed by atoms with van der Waals surface area (Å²) >= 11 is 0. The quantitative estimate of drug-likeness (QED) is 0.299. The van der Waals surface area contributed by atoms with E-state index in [1.165, 1.54) is 10.4 Å². The zero-order valence-electron chi connectivity index (χ0n) is 24.5. The van der Waals surface area contributed by atoms with Crippen molar-refractivity contribution >= 4 is 11.8 Å². The van der Waals surface area contributed by atoms with E-state index >= 15 is 0 Å². The molecule has 0 radical (unpaired) electrons. The minimum Gasteiger partial charge on any atom is -0.458 e. The number of hydrogen-bond donors (Lipinski definition) is 1. The molecule has 0 bridgehead atoms. The molecule has 2 amide bonds. The largest absolute Gasteiger partial charge is 0.458 e. The first-order valence-electron chi connectivity index (χ1n) is 15.2. The summed E-state index contributed by atoms with van der Waals surface area (Å²) in [6, 6.07) is 16.9. The van der Waals surface area contributed by atoms with Crippen LogP contribution in [0.4, 0.5) is 0 Å². The molecule has 1 saturated heterocycles. The predicted octanol–water partition coefficient (Wildman–Crippen LogP) is 3.93. The summed E-state index contributed by atoms with van der Waals surface area (Å²) in [6.07, 6.45) is 8.96. The van der Waals surface area contributed by atoms with Gasteiger partial charge in [0, 0.05) is 44.1 Å². The maximum atomic E-state index is 14.3. The van der Waals surface area contributed by atoms with E-state index in [2.05, 4.69) is 54.9 Å². The summed E-state index contributed by atoms with van der Waals surface area (Å²) in [4.78, 5) is 37.9. The number of pyridine rings is 1. The molecule has 1 atom stereocenters. The molecule has 6 rings (SSSR count). The van der Waals surface area contributed by atoms with Crippen molar-refractivity contribution in [1.29, 1.82) is 0 Å². The van der Waals surface area contributed by atoms with Crippen LogP contribution >= 0.6 is 0 Å². The molecule has 43 heavy (non-hydrogen) atoms. The minimum absolute atomic E-state index is 0.123. The van der Waals surface area contributed by atoms with Gasteiger partial charge in [0.2, 0.25) is 17.6 Å². The van der Waals surface area contributed by atoms with Crippen LogP contribution in [-0.2, 0) is 22.7 Å². The predicted molar refractivity (Wildman–Crippen MR) is 159 cm³/mol. The molecule has 0 spiro atoms. The number of likely N-dealkylation sites (tertiary alicyclic amines) is 1. The lowest BCUT2D eigenvalue weighted by Gasteiger charge is -2.42. The van der Waals surface area contributed by atoms with Gasteiger partial charge in [-0.1, -0.05) is 43.2 Å². The summed E-state index contributed by atoms with van der Waals surface area (Å²) in [7, 11) is 0. The number of hydrogen-bond acceptors (Lipinski definition) is 8. The number of tetrazole rings is 1. The van der Waals surface area contributed by atoms with Gasteiger partial charge in [-0.05, 0) is 73.2 Å². The highest BCUT2D eigenvalue weighted by Crippen LogP contribution is 2.30. The average Bonchev–Trinajstić information content (AvgIpc) is 3.80. The highest BCUT2D eigenvalue weighted by Gasteiger charge is 2.39. The fourth-order valence-electron chi connectivity index (χ4n) is 6.26. The number of rotatable bonds is 10. The molecule has 1 aliphatic carbocycles. The number of nitrogens with one attached hydrogen (secondary N) is 1. The van der Waals surface area contributed by atoms with Gasteiger partial charge in [0.05, 0.1) is 0 Å². The molecule has 11 heteroatoms. The molecule has 1 aliphatic heterocycles. The third-order valence-electron chi connectivity index (χ3n) is 8.43. The molecule has 4 aromatic rings. The van der Waals surface area contributed by atoms with Crippen molar-refractivity contribution in [2.75, 3.05) is 13.1 Å². The minimum atomic E-state index is -0.794. The Morgan fingerprint density at radius 1 is 1.00 bits per heavy atom. The van der Waals surface area contributed by atoms with Crippen molar-refractivity contribution in [2.24, 2.45) is 0 Å². The Balaban J connectivity index is 1.26. The normalized spacial score (nSPS) is 17.1. The van der Waals surface area contributed by atoms with E-state index in [1.54, 1.807) is 23.4 Å². The maximum absolute atomic E-state index is 14.3. The number of carbonyl (C=O) groups excluding carboxylic acids is 2. The number of furan rings is 1. The Kier molecular flexibility index (Phi) is 8.88. The average molecular weight is 583 g/mol. The molecule has 1 saturated carbocycles. The fraction of sp³-hybridized carbons (Fsp3) is 0.438. The second-order valence-electron chi connectivity index (χ2n) is 11.5. The monoisotopic (exact) mass is 582 g/mol. The second-order valence-corrected chi connectivity index (χ2v) is 11.5. The third kappa shape index (κ3) is 6.99. The first-order valence-corrected chi connectivity index (χ1v) is 15.2. The van der Waals surface area contributed by atoms with Gasteiger partial charge in [-0.3, -0.25) is 19.5 Å². The van der Waals surface area contributed by atoms with Gasteiger partial charge in [0.1, 0.15) is 18.3 Å². The van der Waals surface area contributed by atoms with Gasteiger partial charge in [-0.25, -0.2) is 0 Å². The van der Waals surface area contributed by atoms with Crippen LogP contribution in [0.5, 0.6) is 0 Å². The molecule has 2 aliphatic rings. The van der Waals surface area contributed by atoms with Gasteiger partial charge >= 0.3 is 0 Å². The third-order valence-corrected chi connectivity index (χ3v) is 8.43. The molecule has 1 aromatic carbocycles. The standard InChI is InChI=1S/C32H38N8O3/c1-23-11-12-28(43-23)31-35-37-39(36-31)22-29(41)40(27-15-19-38(20-16-27)21-24-7-3-2-4-8-24)30(25-13-17-33-18-14-25)32(42)34-26-9-5-6-10-26/h2-4,7-8,11-14,17-18,26-27,30H,5-6,9-10,15-16,19-22H2,1H3,(H,34,42)/t30-/m1/s1. The van der Waals surface area contributed by atoms with Crippen LogP contribution in [-0.4, -0.2) is 72.0 Å². The van der Waals surface area contributed by atoms with E-state index in [0.717, 1.165) is 69.5 Å². The number of nitrogens with zero attached hydrogens (tertiary/aromatic N) is 7. The Morgan fingerprint density at radius 3 is 2.44 bits per heavy atom. The lowest BCUT2D eigenvalue weighted by Crippen LogP contribution is -2.54. The van der Waals surface area contributed by atoms with E-state index in [9.17, 15) is 9.59 Å². The SMILES string of the molecule is Cc1ccc(-c2nnn(CC(=O)N(C3CCN(Cc4ccccc4)CC3)[C@@H](C(=O)NC3CCCC3)c3ccncc3)n2)o1. The van der Waals surface area contributed by atoms with E-state index in [1.807, 2.05) is 31.2 Å². The zero-order valence-corrected chi connectivity index (χ0v) is 24.5. The van der Waals surface area contributed by atoms with E-state index in [-0.39, 0.29) is 30.4 Å². The number of aromatic nitrogens is 5. The molecule has 4 heterocycles. The molecule has 0 unspecified atom stereocenters. The lowest BCUT2D eigenvalue weighted by atomic mass is 9.96. The molecule has 3 aromatic heterocycles. The highest BCUT2D eigenvalue weighted by atomic mass is 16.3. The summed E-state index contributed by atoms with van der Waals surface area (Å²) in [5.74, 6) is 1.15. The van der Waals surface area contributed by atoms with Gasteiger partial charge in [-0.2, -0.15) is 4.80 Å². The molecular weight excluding hydrogens is 544 g/mol. The highest BCUT2D eigenvalue weighted by molar-refractivity contribution is 5.89. The van der Waals surface area contributed by atoms with Gasteiger partial charge < -0.3 is 14.6 Å². The molecule has 1 N–H and O–H groups in total. The summed E-state index contributed by atoms with van der Waals surface area (Å²) < 4.78 is 5.64. The van der Waals surface area contributed by atoms with Crippen LogP contribution in [0.15, 0.2) is 71.4 Å². The molecule has 224 valence electrons. The number of piperidine rings is 1. The Labute approximate surface area is 251 Å². The number of benzene rings is 1. The first kappa shape index (κ1) is 28.7. The van der Waals surface area contributed by atoms with Crippen molar-refractivity contribution in [2.45, 2.75) is 76.7 Å². The van der Waals surface area contributed by atoms with Crippen molar-refractivity contribution in [3.05, 3.63) is 83.9 Å². The van der Waals surface area contributed by atoms with E-state index in [0.29, 0.717) is 11.6 Å². The van der Waals surface area contributed by atoms with Crippen LogP contribution < -0.4 is 5.32 Å². The Hall–Kier alpha value is -4.38. The van der Waals surface area contributed by atoms with Crippen LogP contribution in [0.25, 0.3) is 11.6 Å². The van der Waals surface area contributed by atoms with Crippen LogP contribution in [0.2, 0.25) is 0 Å². The summed E-state index contributed by atoms with van der Waals surface area (Å²) in [5.41, 5.74) is 2.00. The van der Waals surface area contributed by atoms with Crippen LogP contribution in [0, 0.1) is 6.92 Å². The van der Waals surface area contributed by atoms with Gasteiger partial charge in [0.25, 0.3) is 0 Å². The van der Waals surface area contributed by atoms with Gasteiger partial charge in [-0.15, -0.1) is 10.2 Å². The van der Waals surface area contributed by atoms with E-state index < -0.39 is 6.04 Å². The van der Waals surface area contributed by atoms with Crippen molar-refractivity contribution in [1.82, 2.24) is 40.3 Å². The molecule has 11 nitrogen and oxygen atoms in total. The maximum Gasteiger partial charge on any atom is 0.247 e. The zero-order chi connectivity index (χ0) is 29.6. The van der Waals surface area contributed by atoms with Crippen molar-refractivity contribution < 1.29 is 14.0 Å². The Bertz CT molecular complexity index is 1490. The second kappa shape index (κ2) is 13.3. The van der Waals surface area contributed by atoms with E-state index in [4.69, 9.17) is 4.42 Å². The number of aryl methyl sites for hydroxylation is 1. The van der Waals surface area contributed by atoms with Crippen molar-refractivity contribution in [3.63, 3.8) is 0 Å². The number of amides is 2. The Morgan fingerprint density at radius 2 is 1.74 bits per heavy atom. The fourth-order valence-corrected chi connectivity index (χ4v) is 6.26. The topological polar surface area (TPSA) is 122 Å². The molecule has 2 fully saturated rings. The van der Waals surface area contributed by atoms with Gasteiger partial charge in [0.15, 0.2) is 5.76 Å². The smallest absolute Gasteiger partial charge is 0.247 e. The summed E-state index contributed by atoms with van der Waals surface area (Å²) in [6.45, 7) is 4.20. The van der Waals surface area contributed by atoms with Crippen LogP contribution in [0.3, 0.4) is 0 Å². The molecular formula is C32H38N8O3. The number of carbonyl (C=O) groups is 2. The van der Waals surface area contributed by atoms with Crippen molar-refractivity contribution in [3.8, 4) is 11.6 Å². The summed E-state index contributed by atoms with van der Waals surface area (Å²) in [5, 5.41) is 15.9. The first-order chi connectivity index (χ1) is 21.0. The lowest BCUT2D eigenvalue weighted by molar-refractivity contribution is -0.146. The van der Waals surface area contributed by atoms with Crippen LogP contribution in [0.1, 0.15) is 61.5 Å².